The van der Waals surface area contributed by atoms with Gasteiger partial charge in [-0.15, -0.1) is 0 Å². The lowest BCUT2D eigenvalue weighted by atomic mass is 9.49. The van der Waals surface area contributed by atoms with Crippen LogP contribution in [0.1, 0.15) is 63.0 Å². The number of fused-ring (bicyclic) bond motifs is 3. The van der Waals surface area contributed by atoms with Gasteiger partial charge in [0.15, 0.2) is 0 Å². The predicted octanol–water partition coefficient (Wildman–Crippen LogP) is 4.55. The van der Waals surface area contributed by atoms with Crippen LogP contribution in [-0.4, -0.2) is 18.3 Å². The number of ether oxygens (including phenoxy) is 1. The minimum absolute atomic E-state index is 0.0630. The zero-order valence-corrected chi connectivity index (χ0v) is 15.2. The Balaban J connectivity index is 1.62. The van der Waals surface area contributed by atoms with Gasteiger partial charge in [-0.2, -0.15) is 0 Å². The first-order chi connectivity index (χ1) is 11.5. The molecule has 1 aromatic carbocycles. The molecule has 3 saturated carbocycles. The number of hydrogen-bond donors (Lipinski definition) is 1. The Bertz CT molecular complexity index is 683. The van der Waals surface area contributed by atoms with Crippen LogP contribution in [0.4, 0.5) is 0 Å². The molecule has 3 fully saturated rings. The smallest absolute Gasteiger partial charge is 0.119 e. The van der Waals surface area contributed by atoms with Gasteiger partial charge in [-0.3, -0.25) is 0 Å². The molecular formula is C22H30O2. The Hall–Kier alpha value is -1.02. The molecule has 130 valence electrons. The maximum Gasteiger partial charge on any atom is 0.119 e. The summed E-state index contributed by atoms with van der Waals surface area (Å²) in [6, 6.07) is 6.79. The molecule has 0 aliphatic heterocycles. The second-order valence-electron chi connectivity index (χ2n) is 9.22. The zero-order chi connectivity index (χ0) is 16.7. The second kappa shape index (κ2) is 4.78. The van der Waals surface area contributed by atoms with E-state index < -0.39 is 0 Å². The molecule has 0 unspecified atom stereocenters. The molecule has 24 heavy (non-hydrogen) atoms. The van der Waals surface area contributed by atoms with Gasteiger partial charge in [0.1, 0.15) is 5.75 Å². The third-order valence-electron chi connectivity index (χ3n) is 8.73. The molecular weight excluding hydrogens is 296 g/mol. The molecule has 1 aromatic rings. The fraction of sp³-hybridized carbons (Fsp3) is 0.727. The number of rotatable bonds is 2. The summed E-state index contributed by atoms with van der Waals surface area (Å²) >= 11 is 0. The van der Waals surface area contributed by atoms with E-state index in [1.807, 2.05) is 0 Å². The normalized spacial score (nSPS) is 48.1. The Labute approximate surface area is 145 Å². The molecule has 1 spiro atoms. The monoisotopic (exact) mass is 326 g/mol. The summed E-state index contributed by atoms with van der Waals surface area (Å²) in [5.41, 5.74) is 3.73. The van der Waals surface area contributed by atoms with Gasteiger partial charge < -0.3 is 9.84 Å². The van der Waals surface area contributed by atoms with Crippen LogP contribution in [0.25, 0.3) is 0 Å². The molecule has 0 amide bonds. The highest BCUT2D eigenvalue weighted by atomic mass is 16.5. The SMILES string of the molecule is CC[C@@H]1Cc2cc(OC)ccc2[C@H]2CC[C@]3(C)[C@@H](O)C[C@H]4C[C@]43[C@H]12. The Morgan fingerprint density at radius 1 is 1.33 bits per heavy atom. The van der Waals surface area contributed by atoms with Crippen molar-refractivity contribution in [3.05, 3.63) is 29.3 Å². The number of methoxy groups -OCH3 is 1. The highest BCUT2D eigenvalue weighted by molar-refractivity contribution is 5.43. The fourth-order valence-electron chi connectivity index (χ4n) is 7.52. The first kappa shape index (κ1) is 15.3. The van der Waals surface area contributed by atoms with Crippen molar-refractivity contribution in [2.45, 2.75) is 64.4 Å². The molecule has 5 rings (SSSR count). The molecule has 0 heterocycles. The van der Waals surface area contributed by atoms with Crippen LogP contribution in [-0.2, 0) is 6.42 Å². The number of aliphatic hydroxyl groups is 1. The lowest BCUT2D eigenvalue weighted by molar-refractivity contribution is -0.0716. The minimum Gasteiger partial charge on any atom is -0.497 e. The van der Waals surface area contributed by atoms with Gasteiger partial charge in [0.25, 0.3) is 0 Å². The molecule has 2 heteroatoms. The molecule has 0 aromatic heterocycles. The summed E-state index contributed by atoms with van der Waals surface area (Å²) in [5.74, 6) is 4.04. The maximum absolute atomic E-state index is 10.8. The maximum atomic E-state index is 10.8. The first-order valence-electron chi connectivity index (χ1n) is 9.90. The topological polar surface area (TPSA) is 29.5 Å². The highest BCUT2D eigenvalue weighted by Gasteiger charge is 2.77. The van der Waals surface area contributed by atoms with Crippen molar-refractivity contribution in [2.24, 2.45) is 28.6 Å². The summed E-state index contributed by atoms with van der Waals surface area (Å²) in [4.78, 5) is 0. The van der Waals surface area contributed by atoms with Crippen molar-refractivity contribution >= 4 is 0 Å². The highest BCUT2D eigenvalue weighted by Crippen LogP contribution is 2.82. The van der Waals surface area contributed by atoms with Gasteiger partial charge in [-0.05, 0) is 89.9 Å². The summed E-state index contributed by atoms with van der Waals surface area (Å²) in [5, 5.41) is 10.8. The molecule has 2 nitrogen and oxygen atoms in total. The quantitative estimate of drug-likeness (QED) is 0.864. The van der Waals surface area contributed by atoms with Crippen molar-refractivity contribution in [1.82, 2.24) is 0 Å². The number of hydrogen-bond acceptors (Lipinski definition) is 2. The molecule has 1 N–H and O–H groups in total. The first-order valence-corrected chi connectivity index (χ1v) is 9.90. The largest absolute Gasteiger partial charge is 0.497 e. The van der Waals surface area contributed by atoms with Gasteiger partial charge in [0.05, 0.1) is 13.2 Å². The van der Waals surface area contributed by atoms with Gasteiger partial charge in [-0.1, -0.05) is 26.3 Å². The standard InChI is InChI=1S/C22H30O2/c1-4-13-9-14-10-16(24-3)5-6-17(14)18-7-8-21(2)19(23)11-15-12-22(15,21)20(13)18/h5-6,10,13,15,18-20,23H,4,7-9,11-12H2,1-3H3/t13-,15+,18-,19+,20-,21-,22-/m1/s1. The van der Waals surface area contributed by atoms with Crippen LogP contribution in [0.15, 0.2) is 18.2 Å². The third-order valence-corrected chi connectivity index (χ3v) is 8.73. The molecule has 4 aliphatic carbocycles. The van der Waals surface area contributed by atoms with Gasteiger partial charge in [0, 0.05) is 0 Å². The van der Waals surface area contributed by atoms with Gasteiger partial charge >= 0.3 is 0 Å². The van der Waals surface area contributed by atoms with E-state index in [1.54, 1.807) is 12.7 Å². The van der Waals surface area contributed by atoms with Crippen molar-refractivity contribution in [1.29, 1.82) is 0 Å². The number of benzene rings is 1. The fourth-order valence-corrected chi connectivity index (χ4v) is 7.52. The van der Waals surface area contributed by atoms with Crippen molar-refractivity contribution in [3.8, 4) is 5.75 Å². The van der Waals surface area contributed by atoms with Crippen molar-refractivity contribution < 1.29 is 9.84 Å². The van der Waals surface area contributed by atoms with Crippen LogP contribution >= 0.6 is 0 Å². The van der Waals surface area contributed by atoms with E-state index in [4.69, 9.17) is 4.74 Å². The summed E-state index contributed by atoms with van der Waals surface area (Å²) in [6.07, 6.45) is 7.29. The van der Waals surface area contributed by atoms with Gasteiger partial charge in [0.2, 0.25) is 0 Å². The second-order valence-corrected chi connectivity index (χ2v) is 9.22. The Morgan fingerprint density at radius 3 is 2.92 bits per heavy atom. The lowest BCUT2D eigenvalue weighted by Gasteiger charge is -2.55. The average Bonchev–Trinajstić information content (AvgIpc) is 3.25. The van der Waals surface area contributed by atoms with E-state index in [9.17, 15) is 5.11 Å². The van der Waals surface area contributed by atoms with Crippen LogP contribution in [0.5, 0.6) is 5.75 Å². The molecule has 0 radical (unpaired) electrons. The molecule has 0 saturated heterocycles. The lowest BCUT2D eigenvalue weighted by Crippen LogP contribution is -2.50. The van der Waals surface area contributed by atoms with Crippen LogP contribution in [0.3, 0.4) is 0 Å². The van der Waals surface area contributed by atoms with Gasteiger partial charge in [-0.25, -0.2) is 0 Å². The minimum atomic E-state index is -0.0630. The van der Waals surface area contributed by atoms with Crippen molar-refractivity contribution in [3.63, 3.8) is 0 Å². The summed E-state index contributed by atoms with van der Waals surface area (Å²) in [7, 11) is 1.77. The van der Waals surface area contributed by atoms with E-state index in [0.717, 1.165) is 29.9 Å². The summed E-state index contributed by atoms with van der Waals surface area (Å²) < 4.78 is 5.48. The number of aliphatic hydroxyl groups excluding tert-OH is 1. The Morgan fingerprint density at radius 2 is 2.17 bits per heavy atom. The van der Waals surface area contributed by atoms with E-state index in [1.165, 1.54) is 37.7 Å². The van der Waals surface area contributed by atoms with E-state index in [-0.39, 0.29) is 11.5 Å². The molecule has 0 bridgehead atoms. The van der Waals surface area contributed by atoms with E-state index in [0.29, 0.717) is 11.3 Å². The van der Waals surface area contributed by atoms with E-state index >= 15 is 0 Å². The molecule has 4 aliphatic rings. The molecule has 7 atom stereocenters. The zero-order valence-electron chi connectivity index (χ0n) is 15.2. The van der Waals surface area contributed by atoms with Crippen LogP contribution in [0, 0.1) is 28.6 Å². The summed E-state index contributed by atoms with van der Waals surface area (Å²) in [6.45, 7) is 4.79. The third kappa shape index (κ3) is 1.62. The van der Waals surface area contributed by atoms with Crippen LogP contribution in [0.2, 0.25) is 0 Å². The Kier molecular flexibility index (Phi) is 3.04. The van der Waals surface area contributed by atoms with Crippen LogP contribution < -0.4 is 4.74 Å². The predicted molar refractivity (Wildman–Crippen MR) is 95.2 cm³/mol. The average molecular weight is 326 g/mol. The van der Waals surface area contributed by atoms with Crippen molar-refractivity contribution in [2.75, 3.05) is 7.11 Å². The van der Waals surface area contributed by atoms with E-state index in [2.05, 4.69) is 32.0 Å².